The van der Waals surface area contributed by atoms with Crippen LogP contribution in [0.2, 0.25) is 0 Å². The summed E-state index contributed by atoms with van der Waals surface area (Å²) in [4.78, 5) is 0. The Balaban J connectivity index is 4.18. The van der Waals surface area contributed by atoms with Gasteiger partial charge in [-0.2, -0.15) is 0 Å². The first-order valence-corrected chi connectivity index (χ1v) is 8.25. The van der Waals surface area contributed by atoms with Gasteiger partial charge in [0, 0.05) is 17.8 Å². The van der Waals surface area contributed by atoms with Crippen molar-refractivity contribution in [3.63, 3.8) is 0 Å². The molecule has 0 aliphatic heterocycles. The third kappa shape index (κ3) is 9.60. The molecule has 0 fully saturated rings. The highest BCUT2D eigenvalue weighted by Crippen LogP contribution is 2.21. The molecule has 0 aromatic heterocycles. The molecule has 17 heavy (non-hydrogen) atoms. The van der Waals surface area contributed by atoms with Crippen LogP contribution in [0.15, 0.2) is 0 Å². The molecule has 0 saturated carbocycles. The monoisotopic (exact) mass is 263 g/mol. The highest BCUT2D eigenvalue weighted by atomic mass is 32.2. The number of nitrogens with one attached hydrogen (secondary N) is 1. The lowest BCUT2D eigenvalue weighted by atomic mass is 9.89. The maximum absolute atomic E-state index is 11.7. The minimum absolute atomic E-state index is 0.0219. The molecular weight excluding hydrogens is 234 g/mol. The SMILES string of the molecule is CCCS(=O)(=O)CCC(C)(C)CNC(C)(C)C. The average molecular weight is 263 g/mol. The van der Waals surface area contributed by atoms with E-state index in [2.05, 4.69) is 39.9 Å². The molecule has 0 spiro atoms. The Hall–Kier alpha value is -0.0900. The van der Waals surface area contributed by atoms with E-state index in [1.54, 1.807) is 0 Å². The molecule has 0 rings (SSSR count). The fourth-order valence-electron chi connectivity index (χ4n) is 1.44. The van der Waals surface area contributed by atoms with Gasteiger partial charge >= 0.3 is 0 Å². The smallest absolute Gasteiger partial charge is 0.150 e. The van der Waals surface area contributed by atoms with Crippen molar-refractivity contribution in [1.82, 2.24) is 5.32 Å². The molecule has 0 aromatic rings. The van der Waals surface area contributed by atoms with Crippen molar-refractivity contribution >= 4 is 9.84 Å². The first kappa shape index (κ1) is 16.9. The Labute approximate surface area is 107 Å². The largest absolute Gasteiger partial charge is 0.312 e. The minimum atomic E-state index is -2.85. The minimum Gasteiger partial charge on any atom is -0.312 e. The van der Waals surface area contributed by atoms with Gasteiger partial charge in [-0.15, -0.1) is 0 Å². The molecule has 0 saturated heterocycles. The summed E-state index contributed by atoms with van der Waals surface area (Å²) < 4.78 is 23.3. The van der Waals surface area contributed by atoms with Gasteiger partial charge in [0.15, 0.2) is 0 Å². The van der Waals surface area contributed by atoms with Crippen LogP contribution in [-0.2, 0) is 9.84 Å². The van der Waals surface area contributed by atoms with Crippen molar-refractivity contribution in [2.24, 2.45) is 5.41 Å². The van der Waals surface area contributed by atoms with E-state index < -0.39 is 9.84 Å². The van der Waals surface area contributed by atoms with E-state index in [9.17, 15) is 8.42 Å². The second kappa shape index (κ2) is 6.19. The maximum Gasteiger partial charge on any atom is 0.150 e. The molecule has 3 nitrogen and oxygen atoms in total. The van der Waals surface area contributed by atoms with E-state index in [1.807, 2.05) is 6.92 Å². The van der Waals surface area contributed by atoms with E-state index in [0.717, 1.165) is 13.0 Å². The fraction of sp³-hybridized carbons (Fsp3) is 1.00. The fourth-order valence-corrected chi connectivity index (χ4v) is 3.13. The lowest BCUT2D eigenvalue weighted by Gasteiger charge is -2.30. The quantitative estimate of drug-likeness (QED) is 0.768. The zero-order chi connectivity index (χ0) is 13.7. The van der Waals surface area contributed by atoms with E-state index >= 15 is 0 Å². The van der Waals surface area contributed by atoms with Gasteiger partial charge in [-0.25, -0.2) is 8.42 Å². The van der Waals surface area contributed by atoms with Gasteiger partial charge in [-0.05, 0) is 39.0 Å². The highest BCUT2D eigenvalue weighted by Gasteiger charge is 2.23. The van der Waals surface area contributed by atoms with Crippen molar-refractivity contribution in [2.75, 3.05) is 18.1 Å². The predicted molar refractivity (Wildman–Crippen MR) is 75.1 cm³/mol. The highest BCUT2D eigenvalue weighted by molar-refractivity contribution is 7.91. The van der Waals surface area contributed by atoms with Crippen LogP contribution >= 0.6 is 0 Å². The Morgan fingerprint density at radius 1 is 1.00 bits per heavy atom. The molecule has 0 radical (unpaired) electrons. The van der Waals surface area contributed by atoms with E-state index in [-0.39, 0.29) is 11.0 Å². The molecule has 0 aromatic carbocycles. The van der Waals surface area contributed by atoms with Gasteiger partial charge in [-0.1, -0.05) is 20.8 Å². The number of sulfone groups is 1. The number of hydrogen-bond acceptors (Lipinski definition) is 3. The topological polar surface area (TPSA) is 46.2 Å². The Morgan fingerprint density at radius 3 is 1.94 bits per heavy atom. The van der Waals surface area contributed by atoms with Gasteiger partial charge in [-0.3, -0.25) is 0 Å². The second-order valence-corrected chi connectivity index (χ2v) is 8.97. The maximum atomic E-state index is 11.7. The standard InChI is InChI=1S/C13H29NO2S/c1-7-9-17(15,16)10-8-13(5,6)11-14-12(2,3)4/h14H,7-11H2,1-6H3. The van der Waals surface area contributed by atoms with Crippen LogP contribution in [0.25, 0.3) is 0 Å². The van der Waals surface area contributed by atoms with Crippen LogP contribution in [0.3, 0.4) is 0 Å². The molecule has 104 valence electrons. The predicted octanol–water partition coefficient (Wildman–Crippen LogP) is 2.62. The molecule has 0 unspecified atom stereocenters. The van der Waals surface area contributed by atoms with Gasteiger partial charge in [0.05, 0.1) is 5.75 Å². The lowest BCUT2D eigenvalue weighted by molar-refractivity contribution is 0.283. The molecule has 0 amide bonds. The summed E-state index contributed by atoms with van der Waals surface area (Å²) in [6.45, 7) is 13.4. The van der Waals surface area contributed by atoms with Crippen molar-refractivity contribution in [2.45, 2.75) is 59.9 Å². The third-order valence-electron chi connectivity index (χ3n) is 2.70. The first-order chi connectivity index (χ1) is 7.47. The molecule has 0 bridgehead atoms. The summed E-state index contributed by atoms with van der Waals surface area (Å²) in [7, 11) is -2.85. The van der Waals surface area contributed by atoms with Crippen LogP contribution in [-0.4, -0.2) is 32.0 Å². The van der Waals surface area contributed by atoms with Crippen molar-refractivity contribution in [1.29, 1.82) is 0 Å². The van der Waals surface area contributed by atoms with Crippen molar-refractivity contribution in [3.8, 4) is 0 Å². The van der Waals surface area contributed by atoms with E-state index in [4.69, 9.17) is 0 Å². The summed E-state index contributed by atoms with van der Waals surface area (Å²) in [6, 6.07) is 0. The summed E-state index contributed by atoms with van der Waals surface area (Å²) in [5.74, 6) is 0.620. The van der Waals surface area contributed by atoms with Crippen LogP contribution in [0.4, 0.5) is 0 Å². The summed E-state index contributed by atoms with van der Waals surface area (Å²) in [5.41, 5.74) is 0.105. The second-order valence-electron chi connectivity index (χ2n) is 6.67. The van der Waals surface area contributed by atoms with Crippen molar-refractivity contribution in [3.05, 3.63) is 0 Å². The molecule has 0 atom stereocenters. The third-order valence-corrected chi connectivity index (χ3v) is 4.56. The average Bonchev–Trinajstić information content (AvgIpc) is 2.12. The van der Waals surface area contributed by atoms with E-state index in [0.29, 0.717) is 17.9 Å². The van der Waals surface area contributed by atoms with Gasteiger partial charge < -0.3 is 5.32 Å². The van der Waals surface area contributed by atoms with Crippen LogP contribution in [0, 0.1) is 5.41 Å². The molecule has 0 aliphatic rings. The molecular formula is C13H29NO2S. The van der Waals surface area contributed by atoms with E-state index in [1.165, 1.54) is 0 Å². The van der Waals surface area contributed by atoms with Gasteiger partial charge in [0.25, 0.3) is 0 Å². The van der Waals surface area contributed by atoms with Crippen molar-refractivity contribution < 1.29 is 8.42 Å². The number of hydrogen-bond donors (Lipinski definition) is 1. The molecule has 4 heteroatoms. The molecule has 0 aliphatic carbocycles. The Bertz CT molecular complexity index is 313. The zero-order valence-electron chi connectivity index (χ0n) is 12.3. The molecule has 1 N–H and O–H groups in total. The van der Waals surface area contributed by atoms with Crippen LogP contribution in [0.5, 0.6) is 0 Å². The summed E-state index contributed by atoms with van der Waals surface area (Å²) in [6.07, 6.45) is 1.43. The zero-order valence-corrected chi connectivity index (χ0v) is 13.1. The normalized spacial score (nSPS) is 14.0. The Kier molecular flexibility index (Phi) is 6.15. The summed E-state index contributed by atoms with van der Waals surface area (Å²) in [5, 5.41) is 3.44. The van der Waals surface area contributed by atoms with Crippen LogP contribution < -0.4 is 5.32 Å². The molecule has 0 heterocycles. The lowest BCUT2D eigenvalue weighted by Crippen LogP contribution is -2.42. The van der Waals surface area contributed by atoms with Gasteiger partial charge in [0.1, 0.15) is 9.84 Å². The van der Waals surface area contributed by atoms with Crippen LogP contribution in [0.1, 0.15) is 54.4 Å². The first-order valence-electron chi connectivity index (χ1n) is 6.43. The summed E-state index contributed by atoms with van der Waals surface area (Å²) >= 11 is 0. The Morgan fingerprint density at radius 2 is 1.53 bits per heavy atom. The van der Waals surface area contributed by atoms with Gasteiger partial charge in [0.2, 0.25) is 0 Å². The number of rotatable bonds is 7.